The van der Waals surface area contributed by atoms with E-state index < -0.39 is 0 Å². The topological polar surface area (TPSA) is 12.0 Å². The first-order chi connectivity index (χ1) is 7.69. The van der Waals surface area contributed by atoms with Gasteiger partial charge in [-0.25, -0.2) is 0 Å². The Balaban J connectivity index is 2.87. The normalized spacial score (nSPS) is 12.2. The van der Waals surface area contributed by atoms with E-state index in [9.17, 15) is 0 Å². The predicted octanol–water partition coefficient (Wildman–Crippen LogP) is 2.81. The predicted molar refractivity (Wildman–Crippen MR) is 74.3 cm³/mol. The highest BCUT2D eigenvalue weighted by molar-refractivity contribution is 6.56. The minimum atomic E-state index is 0.760. The second-order valence-corrected chi connectivity index (χ2v) is 5.82. The van der Waals surface area contributed by atoms with Gasteiger partial charge < -0.3 is 5.32 Å². The molecule has 2 radical (unpaired) electrons. The minimum absolute atomic E-state index is 0.760. The molecule has 0 aliphatic carbocycles. The van der Waals surface area contributed by atoms with Crippen molar-refractivity contribution in [3.63, 3.8) is 0 Å². The van der Waals surface area contributed by atoms with Gasteiger partial charge in [-0.1, -0.05) is 56.3 Å². The fourth-order valence-corrected chi connectivity index (χ4v) is 2.87. The largest absolute Gasteiger partial charge is 0.385 e. The molecular formula is C14H21NSi. The highest BCUT2D eigenvalue weighted by Crippen LogP contribution is 2.11. The van der Waals surface area contributed by atoms with Crippen LogP contribution >= 0.6 is 0 Å². The molecule has 1 nitrogen and oxygen atoms in total. The van der Waals surface area contributed by atoms with Crippen molar-refractivity contribution in [3.8, 4) is 0 Å². The van der Waals surface area contributed by atoms with Crippen LogP contribution in [0.2, 0.25) is 5.54 Å². The minimum Gasteiger partial charge on any atom is -0.385 e. The van der Waals surface area contributed by atoms with Crippen molar-refractivity contribution in [3.05, 3.63) is 36.4 Å². The monoisotopic (exact) mass is 231 g/mol. The first-order valence-electron chi connectivity index (χ1n) is 5.97. The fraction of sp³-hybridized carbons (Fsp3) is 0.429. The van der Waals surface area contributed by atoms with Crippen molar-refractivity contribution in [2.45, 2.75) is 32.7 Å². The Bertz CT molecular complexity index is 346. The van der Waals surface area contributed by atoms with E-state index in [0.29, 0.717) is 0 Å². The zero-order chi connectivity index (χ0) is 12.0. The van der Waals surface area contributed by atoms with Crippen molar-refractivity contribution in [2.24, 2.45) is 0 Å². The van der Waals surface area contributed by atoms with Crippen LogP contribution < -0.4 is 10.5 Å². The lowest BCUT2D eigenvalue weighted by Crippen LogP contribution is -2.25. The first-order valence-corrected chi connectivity index (χ1v) is 7.05. The maximum absolute atomic E-state index is 4.10. The Morgan fingerprint density at radius 1 is 1.38 bits per heavy atom. The van der Waals surface area contributed by atoms with E-state index in [1.165, 1.54) is 17.2 Å². The maximum Gasteiger partial charge on any atom is 0.0848 e. The summed E-state index contributed by atoms with van der Waals surface area (Å²) in [4.78, 5) is 0. The molecule has 0 aliphatic heterocycles. The summed E-state index contributed by atoms with van der Waals surface area (Å²) in [5, 5.41) is 4.74. The smallest absolute Gasteiger partial charge is 0.0848 e. The molecule has 0 saturated carbocycles. The highest BCUT2D eigenvalue weighted by Gasteiger charge is 2.08. The molecule has 1 atom stereocenters. The second-order valence-electron chi connectivity index (χ2n) is 4.01. The van der Waals surface area contributed by atoms with E-state index in [2.05, 4.69) is 56.9 Å². The van der Waals surface area contributed by atoms with Gasteiger partial charge in [-0.2, -0.15) is 0 Å². The quantitative estimate of drug-likeness (QED) is 0.742. The number of rotatable bonds is 6. The van der Waals surface area contributed by atoms with Crippen LogP contribution in [-0.2, 0) is 0 Å². The van der Waals surface area contributed by atoms with Crippen LogP contribution in [0.3, 0.4) is 0 Å². The van der Waals surface area contributed by atoms with Crippen LogP contribution in [0.25, 0.3) is 5.70 Å². The van der Waals surface area contributed by atoms with Crippen LogP contribution in [0.5, 0.6) is 0 Å². The summed E-state index contributed by atoms with van der Waals surface area (Å²) in [6.07, 6.45) is 1.24. The third kappa shape index (κ3) is 3.53. The first kappa shape index (κ1) is 13.0. The lowest BCUT2D eigenvalue weighted by molar-refractivity contribution is 0.873. The fourth-order valence-electron chi connectivity index (χ4n) is 1.55. The van der Waals surface area contributed by atoms with Crippen molar-refractivity contribution < 1.29 is 0 Å². The zero-order valence-corrected chi connectivity index (χ0v) is 11.5. The van der Waals surface area contributed by atoms with Gasteiger partial charge in [0.25, 0.3) is 0 Å². The van der Waals surface area contributed by atoms with E-state index >= 15 is 0 Å². The van der Waals surface area contributed by atoms with E-state index in [1.54, 1.807) is 0 Å². The second kappa shape index (κ2) is 6.54. The number of hydrogen-bond acceptors (Lipinski definition) is 1. The number of hydrogen-bond donors (Lipinski definition) is 1. The Hall–Kier alpha value is -1.02. The molecule has 1 rings (SSSR count). The maximum atomic E-state index is 4.10. The molecular weight excluding hydrogens is 210 g/mol. The van der Waals surface area contributed by atoms with E-state index in [0.717, 1.165) is 27.3 Å². The van der Waals surface area contributed by atoms with Gasteiger partial charge >= 0.3 is 0 Å². The summed E-state index contributed by atoms with van der Waals surface area (Å²) < 4.78 is 0. The van der Waals surface area contributed by atoms with Crippen LogP contribution in [-0.4, -0.2) is 16.1 Å². The number of nitrogens with one attached hydrogen (secondary N) is 1. The van der Waals surface area contributed by atoms with Crippen molar-refractivity contribution in [2.75, 3.05) is 6.54 Å². The summed E-state index contributed by atoms with van der Waals surface area (Å²) in [5.41, 5.74) is 3.09. The molecule has 1 unspecified atom stereocenters. The van der Waals surface area contributed by atoms with Crippen molar-refractivity contribution in [1.29, 1.82) is 0 Å². The molecule has 0 amide bonds. The molecule has 86 valence electrons. The zero-order valence-electron chi connectivity index (χ0n) is 10.5. The van der Waals surface area contributed by atoms with Crippen LogP contribution in [0.4, 0.5) is 0 Å². The lowest BCUT2D eigenvalue weighted by atomic mass is 10.2. The Labute approximate surface area is 102 Å². The van der Waals surface area contributed by atoms with E-state index in [1.807, 2.05) is 0 Å². The van der Waals surface area contributed by atoms with Crippen LogP contribution in [0, 0.1) is 0 Å². The van der Waals surface area contributed by atoms with Gasteiger partial charge in [-0.15, -0.1) is 0 Å². The lowest BCUT2D eigenvalue weighted by Gasteiger charge is -2.14. The summed E-state index contributed by atoms with van der Waals surface area (Å²) in [6, 6.07) is 8.59. The van der Waals surface area contributed by atoms with Crippen LogP contribution in [0.1, 0.15) is 32.8 Å². The summed E-state index contributed by atoms with van der Waals surface area (Å²) in [6.45, 7) is 11.7. The highest BCUT2D eigenvalue weighted by atomic mass is 28.2. The van der Waals surface area contributed by atoms with Gasteiger partial charge in [0.15, 0.2) is 0 Å². The molecule has 0 aromatic heterocycles. The Kier molecular flexibility index (Phi) is 5.33. The molecule has 2 heteroatoms. The number of benzene rings is 1. The molecule has 1 aromatic rings. The third-order valence-electron chi connectivity index (χ3n) is 2.66. The third-order valence-corrected chi connectivity index (χ3v) is 4.30. The average Bonchev–Trinajstić information content (AvgIpc) is 2.30. The summed E-state index contributed by atoms with van der Waals surface area (Å²) in [5.74, 6) is 0. The van der Waals surface area contributed by atoms with E-state index in [4.69, 9.17) is 0 Å². The molecule has 0 fully saturated rings. The van der Waals surface area contributed by atoms with Crippen molar-refractivity contribution in [1.82, 2.24) is 5.32 Å². The van der Waals surface area contributed by atoms with Gasteiger partial charge in [0, 0.05) is 12.2 Å². The Morgan fingerprint density at radius 2 is 2.06 bits per heavy atom. The van der Waals surface area contributed by atoms with Gasteiger partial charge in [-0.05, 0) is 18.0 Å². The molecule has 1 aromatic carbocycles. The summed E-state index contributed by atoms with van der Waals surface area (Å²) >= 11 is 0. The van der Waals surface area contributed by atoms with Gasteiger partial charge in [0.05, 0.1) is 9.52 Å². The molecule has 0 saturated heterocycles. The molecule has 0 bridgehead atoms. The van der Waals surface area contributed by atoms with Crippen molar-refractivity contribution >= 4 is 20.4 Å². The molecule has 0 spiro atoms. The SMILES string of the molecule is C=C(NCC)c1ccccc1[Si]C(C)CC. The molecule has 1 N–H and O–H groups in total. The van der Waals surface area contributed by atoms with Crippen LogP contribution in [0.15, 0.2) is 30.8 Å². The van der Waals surface area contributed by atoms with E-state index in [-0.39, 0.29) is 0 Å². The molecule has 16 heavy (non-hydrogen) atoms. The standard InChI is InChI=1S/C14H21NSi/c1-5-11(3)16-14-10-8-7-9-13(14)12(4)15-6-2/h7-11,15H,4-6H2,1-3H3. The summed E-state index contributed by atoms with van der Waals surface area (Å²) in [7, 11) is 0.873. The van der Waals surface area contributed by atoms with Gasteiger partial charge in [-0.3, -0.25) is 0 Å². The van der Waals surface area contributed by atoms with Gasteiger partial charge in [0.1, 0.15) is 0 Å². The average molecular weight is 231 g/mol. The Morgan fingerprint density at radius 3 is 2.69 bits per heavy atom. The molecule has 0 aliphatic rings. The molecule has 0 heterocycles. The van der Waals surface area contributed by atoms with Gasteiger partial charge in [0.2, 0.25) is 0 Å².